The summed E-state index contributed by atoms with van der Waals surface area (Å²) in [7, 11) is 0. The first-order chi connectivity index (χ1) is 12.2. The molecule has 4 rings (SSSR count). The molecular weight excluding hydrogens is 372 g/mol. The number of allylic oxidation sites excluding steroid dienone is 1. The fourth-order valence-electron chi connectivity index (χ4n) is 3.71. The summed E-state index contributed by atoms with van der Waals surface area (Å²) in [5.74, 6) is 0.752. The zero-order valence-corrected chi connectivity index (χ0v) is 15.6. The maximum absolute atomic E-state index is 4.62. The summed E-state index contributed by atoms with van der Waals surface area (Å²) >= 11 is 3.58. The van der Waals surface area contributed by atoms with E-state index in [1.165, 1.54) is 16.7 Å². The number of hydrogen-bond acceptors (Lipinski definition) is 2. The fourth-order valence-corrected chi connectivity index (χ4v) is 4.09. The van der Waals surface area contributed by atoms with Crippen LogP contribution in [0.5, 0.6) is 0 Å². The van der Waals surface area contributed by atoms with Crippen LogP contribution in [0.4, 0.5) is 0 Å². The van der Waals surface area contributed by atoms with Gasteiger partial charge >= 0.3 is 0 Å². The Kier molecular flexibility index (Phi) is 4.50. The van der Waals surface area contributed by atoms with Crippen molar-refractivity contribution < 1.29 is 0 Å². The molecule has 1 aliphatic rings. The molecule has 0 saturated heterocycles. The predicted octanol–water partition coefficient (Wildman–Crippen LogP) is 6.21. The third-order valence-electron chi connectivity index (χ3n) is 5.02. The second-order valence-corrected chi connectivity index (χ2v) is 7.41. The molecule has 25 heavy (non-hydrogen) atoms. The van der Waals surface area contributed by atoms with Crippen molar-refractivity contribution in [3.63, 3.8) is 0 Å². The highest BCUT2D eigenvalue weighted by Crippen LogP contribution is 2.42. The maximum Gasteiger partial charge on any atom is 0.116 e. The van der Waals surface area contributed by atoms with Gasteiger partial charge in [0.25, 0.3) is 0 Å². The van der Waals surface area contributed by atoms with Gasteiger partial charge in [-0.25, -0.2) is 9.97 Å². The topological polar surface area (TPSA) is 25.8 Å². The minimum atomic E-state index is 0.357. The van der Waals surface area contributed by atoms with Crippen molar-refractivity contribution in [3.05, 3.63) is 88.3 Å². The molecule has 0 aliphatic heterocycles. The molecule has 2 aromatic carbocycles. The molecule has 0 amide bonds. The Hall–Kier alpha value is -2.26. The molecule has 0 radical (unpaired) electrons. The summed E-state index contributed by atoms with van der Waals surface area (Å²) in [5.41, 5.74) is 6.09. The first-order valence-electron chi connectivity index (χ1n) is 8.55. The van der Waals surface area contributed by atoms with Crippen LogP contribution in [0, 0.1) is 0 Å². The van der Waals surface area contributed by atoms with Crippen LogP contribution < -0.4 is 0 Å². The van der Waals surface area contributed by atoms with Crippen LogP contribution in [0.15, 0.2) is 71.6 Å². The number of aromatic nitrogens is 2. The van der Waals surface area contributed by atoms with Crippen molar-refractivity contribution in [2.24, 2.45) is 0 Å². The summed E-state index contributed by atoms with van der Waals surface area (Å²) in [5, 5.41) is 0. The van der Waals surface area contributed by atoms with E-state index in [0.717, 1.165) is 22.2 Å². The average molecular weight is 391 g/mol. The third kappa shape index (κ3) is 3.16. The van der Waals surface area contributed by atoms with Gasteiger partial charge < -0.3 is 0 Å². The average Bonchev–Trinajstić information content (AvgIpc) is 2.81. The molecular formula is C22H19BrN2. The normalized spacial score (nSPS) is 19.3. The maximum atomic E-state index is 4.62. The lowest BCUT2D eigenvalue weighted by Gasteiger charge is -2.25. The molecule has 0 N–H and O–H groups in total. The molecule has 1 heterocycles. The quantitative estimate of drug-likeness (QED) is 0.519. The fraction of sp³-hybridized carbons (Fsp3) is 0.182. The zero-order chi connectivity index (χ0) is 17.2. The number of halogens is 1. The summed E-state index contributed by atoms with van der Waals surface area (Å²) in [6.07, 6.45) is 9.15. The van der Waals surface area contributed by atoms with E-state index < -0.39 is 0 Å². The number of hydrogen-bond donors (Lipinski definition) is 0. The van der Waals surface area contributed by atoms with Gasteiger partial charge in [0.15, 0.2) is 0 Å². The number of rotatable bonds is 2. The van der Waals surface area contributed by atoms with Crippen LogP contribution >= 0.6 is 15.9 Å². The van der Waals surface area contributed by atoms with Crippen LogP contribution in [0.25, 0.3) is 17.3 Å². The Labute approximate surface area is 156 Å². The molecule has 2 atom stereocenters. The highest BCUT2D eigenvalue weighted by Gasteiger charge is 2.26. The van der Waals surface area contributed by atoms with E-state index in [-0.39, 0.29) is 0 Å². The van der Waals surface area contributed by atoms with Crippen molar-refractivity contribution in [2.75, 3.05) is 0 Å². The van der Waals surface area contributed by atoms with Gasteiger partial charge in [0.2, 0.25) is 0 Å². The number of nitrogens with zero attached hydrogens (tertiary/aromatic N) is 2. The molecule has 0 fully saturated rings. The van der Waals surface area contributed by atoms with Gasteiger partial charge in [0, 0.05) is 21.8 Å². The van der Waals surface area contributed by atoms with E-state index in [2.05, 4.69) is 87.4 Å². The molecule has 1 aliphatic carbocycles. The van der Waals surface area contributed by atoms with Crippen LogP contribution in [-0.4, -0.2) is 9.97 Å². The monoisotopic (exact) mass is 390 g/mol. The summed E-state index contributed by atoms with van der Waals surface area (Å²) in [6.45, 7) is 2.31. The predicted molar refractivity (Wildman–Crippen MR) is 106 cm³/mol. The highest BCUT2D eigenvalue weighted by molar-refractivity contribution is 9.10. The summed E-state index contributed by atoms with van der Waals surface area (Å²) in [4.78, 5) is 8.96. The minimum Gasteiger partial charge on any atom is -0.244 e. The second-order valence-electron chi connectivity index (χ2n) is 6.50. The molecule has 124 valence electrons. The lowest BCUT2D eigenvalue weighted by Crippen LogP contribution is -2.10. The molecule has 3 aromatic rings. The number of fused-ring (bicyclic) bond motifs is 1. The molecule has 0 bridgehead atoms. The van der Waals surface area contributed by atoms with Crippen molar-refractivity contribution in [1.82, 2.24) is 9.97 Å². The third-order valence-corrected chi connectivity index (χ3v) is 5.51. The van der Waals surface area contributed by atoms with Crippen LogP contribution in [-0.2, 0) is 0 Å². The van der Waals surface area contributed by atoms with Gasteiger partial charge in [-0.2, -0.15) is 0 Å². The Morgan fingerprint density at radius 2 is 1.88 bits per heavy atom. The summed E-state index contributed by atoms with van der Waals surface area (Å²) < 4.78 is 1.12. The van der Waals surface area contributed by atoms with Gasteiger partial charge in [-0.05, 0) is 41.5 Å². The molecule has 1 aromatic heterocycles. The SMILES string of the molecule is CC1c2ccc(Br)cc2C=CCC1c1cncnc1-c1ccccc1. The smallest absolute Gasteiger partial charge is 0.116 e. The van der Waals surface area contributed by atoms with Crippen molar-refractivity contribution >= 4 is 22.0 Å². The Balaban J connectivity index is 1.81. The molecule has 0 spiro atoms. The molecule has 2 nitrogen and oxygen atoms in total. The Morgan fingerprint density at radius 1 is 1.04 bits per heavy atom. The van der Waals surface area contributed by atoms with Gasteiger partial charge in [-0.15, -0.1) is 0 Å². The Bertz CT molecular complexity index is 918. The van der Waals surface area contributed by atoms with Gasteiger partial charge in [0.05, 0.1) is 5.69 Å². The van der Waals surface area contributed by atoms with Crippen LogP contribution in [0.1, 0.15) is 41.9 Å². The zero-order valence-electron chi connectivity index (χ0n) is 14.1. The van der Waals surface area contributed by atoms with E-state index in [4.69, 9.17) is 0 Å². The largest absolute Gasteiger partial charge is 0.244 e. The van der Waals surface area contributed by atoms with Crippen molar-refractivity contribution in [2.45, 2.75) is 25.2 Å². The van der Waals surface area contributed by atoms with E-state index in [0.29, 0.717) is 11.8 Å². The first kappa shape index (κ1) is 16.2. The lowest BCUT2D eigenvalue weighted by atomic mass is 9.80. The van der Waals surface area contributed by atoms with Crippen LogP contribution in [0.2, 0.25) is 0 Å². The summed E-state index contributed by atoms with van der Waals surface area (Å²) in [6, 6.07) is 17.0. The molecule has 0 saturated carbocycles. The molecule has 3 heteroatoms. The van der Waals surface area contributed by atoms with Gasteiger partial charge in [0.1, 0.15) is 6.33 Å². The minimum absolute atomic E-state index is 0.357. The Morgan fingerprint density at radius 3 is 2.72 bits per heavy atom. The first-order valence-corrected chi connectivity index (χ1v) is 9.34. The molecule has 2 unspecified atom stereocenters. The highest BCUT2D eigenvalue weighted by atomic mass is 79.9. The van der Waals surface area contributed by atoms with Gasteiger partial charge in [-0.1, -0.05) is 71.4 Å². The van der Waals surface area contributed by atoms with E-state index in [1.54, 1.807) is 6.33 Å². The second kappa shape index (κ2) is 6.93. The van der Waals surface area contributed by atoms with E-state index in [1.807, 2.05) is 12.3 Å². The standard InChI is InChI=1S/C22H19BrN2/c1-15-19-11-10-18(23)12-17(19)8-5-9-20(15)21-13-24-14-25-22(21)16-6-3-2-4-7-16/h2-8,10-15,20H,9H2,1H3. The van der Waals surface area contributed by atoms with E-state index >= 15 is 0 Å². The van der Waals surface area contributed by atoms with Crippen molar-refractivity contribution in [1.29, 1.82) is 0 Å². The number of benzene rings is 2. The van der Waals surface area contributed by atoms with E-state index in [9.17, 15) is 0 Å². The van der Waals surface area contributed by atoms with Crippen molar-refractivity contribution in [3.8, 4) is 11.3 Å². The lowest BCUT2D eigenvalue weighted by molar-refractivity contribution is 0.583. The van der Waals surface area contributed by atoms with Crippen LogP contribution in [0.3, 0.4) is 0 Å². The van der Waals surface area contributed by atoms with Gasteiger partial charge in [-0.3, -0.25) is 0 Å².